The molecule has 0 radical (unpaired) electrons. The number of aliphatic imine (C=N–C) groups is 1. The molecule has 1 aliphatic rings. The second kappa shape index (κ2) is 11.4. The van der Waals surface area contributed by atoms with Crippen molar-refractivity contribution < 1.29 is 9.53 Å². The van der Waals surface area contributed by atoms with Crippen LogP contribution < -0.4 is 21.1 Å². The van der Waals surface area contributed by atoms with Crippen molar-refractivity contribution in [2.75, 3.05) is 27.2 Å². The van der Waals surface area contributed by atoms with Gasteiger partial charge in [-0.2, -0.15) is 0 Å². The minimum Gasteiger partial charge on any atom is -0.496 e. The maximum atomic E-state index is 11.5. The first-order chi connectivity index (χ1) is 15.1. The van der Waals surface area contributed by atoms with Crippen LogP contribution in [0.4, 0.5) is 0 Å². The highest BCUT2D eigenvalue weighted by atomic mass is 16.5. The Hall–Kier alpha value is -3.06. The summed E-state index contributed by atoms with van der Waals surface area (Å²) in [6.07, 6.45) is 1.92. The molecule has 1 aliphatic heterocycles. The second-order valence-electron chi connectivity index (χ2n) is 7.89. The van der Waals surface area contributed by atoms with Gasteiger partial charge in [0.2, 0.25) is 5.91 Å². The smallest absolute Gasteiger partial charge is 0.221 e. The van der Waals surface area contributed by atoms with E-state index in [1.807, 2.05) is 24.3 Å². The molecule has 1 atom stereocenters. The van der Waals surface area contributed by atoms with Gasteiger partial charge in [-0.05, 0) is 36.6 Å². The fraction of sp³-hybridized carbons (Fsp3) is 0.417. The summed E-state index contributed by atoms with van der Waals surface area (Å²) in [6.45, 7) is 3.88. The molecule has 7 heteroatoms. The third-order valence-electron chi connectivity index (χ3n) is 5.63. The van der Waals surface area contributed by atoms with Gasteiger partial charge in [-0.1, -0.05) is 42.5 Å². The number of nitrogens with one attached hydrogen (secondary N) is 2. The molecule has 1 heterocycles. The number of para-hydroxylation sites is 1. The molecule has 1 fully saturated rings. The molecule has 0 saturated carbocycles. The van der Waals surface area contributed by atoms with E-state index < -0.39 is 0 Å². The van der Waals surface area contributed by atoms with Crippen LogP contribution in [0, 0.1) is 5.92 Å². The monoisotopic (exact) mass is 423 g/mol. The van der Waals surface area contributed by atoms with Crippen LogP contribution in [0.15, 0.2) is 53.5 Å². The number of guanidine groups is 1. The number of rotatable bonds is 8. The summed E-state index contributed by atoms with van der Waals surface area (Å²) in [5.74, 6) is 1.37. The maximum Gasteiger partial charge on any atom is 0.221 e. The van der Waals surface area contributed by atoms with Crippen molar-refractivity contribution in [1.29, 1.82) is 0 Å². The summed E-state index contributed by atoms with van der Waals surface area (Å²) < 4.78 is 5.41. The fourth-order valence-corrected chi connectivity index (χ4v) is 3.96. The van der Waals surface area contributed by atoms with E-state index in [0.29, 0.717) is 13.1 Å². The van der Waals surface area contributed by atoms with Gasteiger partial charge in [0, 0.05) is 38.8 Å². The van der Waals surface area contributed by atoms with Gasteiger partial charge in [0.1, 0.15) is 5.75 Å². The van der Waals surface area contributed by atoms with Gasteiger partial charge in [0.15, 0.2) is 5.96 Å². The molecule has 1 saturated heterocycles. The van der Waals surface area contributed by atoms with E-state index in [9.17, 15) is 4.79 Å². The van der Waals surface area contributed by atoms with Crippen LogP contribution in [-0.2, 0) is 24.4 Å². The summed E-state index contributed by atoms with van der Waals surface area (Å²) in [7, 11) is 3.44. The van der Waals surface area contributed by atoms with Gasteiger partial charge in [-0.15, -0.1) is 0 Å². The lowest BCUT2D eigenvalue weighted by Gasteiger charge is -2.31. The normalized spacial score (nSPS) is 17.2. The van der Waals surface area contributed by atoms with Crippen molar-refractivity contribution in [3.63, 3.8) is 0 Å². The second-order valence-corrected chi connectivity index (χ2v) is 7.89. The van der Waals surface area contributed by atoms with Crippen molar-refractivity contribution in [2.45, 2.75) is 32.5 Å². The van der Waals surface area contributed by atoms with Gasteiger partial charge < -0.3 is 21.1 Å². The quantitative estimate of drug-likeness (QED) is 0.447. The number of hydrogen-bond donors (Lipinski definition) is 3. The maximum absolute atomic E-state index is 11.5. The number of ether oxygens (including phenoxy) is 1. The number of carbonyl (C=O) groups is 1. The van der Waals surface area contributed by atoms with E-state index in [1.54, 1.807) is 14.2 Å². The van der Waals surface area contributed by atoms with Crippen LogP contribution >= 0.6 is 0 Å². The standard InChI is InChI=1S/C24H33N5O2/c1-26-24(28-15-20-9-3-4-11-22(20)31-2)27-14-18-7-5-8-19(13-18)16-29-12-6-10-21(17-29)23(25)30/h3-5,7-9,11,13,21H,6,10,12,14-17H2,1-2H3,(H2,25,30)(H2,26,27,28). The van der Waals surface area contributed by atoms with Crippen molar-refractivity contribution >= 4 is 11.9 Å². The van der Waals surface area contributed by atoms with Gasteiger partial charge in [-0.25, -0.2) is 0 Å². The molecule has 4 N–H and O–H groups in total. The number of methoxy groups -OCH3 is 1. The Labute approximate surface area is 184 Å². The third-order valence-corrected chi connectivity index (χ3v) is 5.63. The lowest BCUT2D eigenvalue weighted by atomic mass is 9.97. The van der Waals surface area contributed by atoms with Crippen LogP contribution in [0.2, 0.25) is 0 Å². The Kier molecular flexibility index (Phi) is 8.29. The van der Waals surface area contributed by atoms with Crippen molar-refractivity contribution in [2.24, 2.45) is 16.6 Å². The zero-order chi connectivity index (χ0) is 22.1. The Morgan fingerprint density at radius 3 is 2.71 bits per heavy atom. The first-order valence-corrected chi connectivity index (χ1v) is 10.7. The molecule has 0 aromatic heterocycles. The predicted octanol–water partition coefficient (Wildman–Crippen LogP) is 2.26. The molecule has 2 aromatic carbocycles. The molecule has 0 bridgehead atoms. The molecule has 166 valence electrons. The minimum atomic E-state index is -0.186. The minimum absolute atomic E-state index is 0.0313. The van der Waals surface area contributed by atoms with Gasteiger partial charge in [0.05, 0.1) is 13.0 Å². The highest BCUT2D eigenvalue weighted by Gasteiger charge is 2.23. The largest absolute Gasteiger partial charge is 0.496 e. The van der Waals surface area contributed by atoms with Crippen LogP contribution in [0.5, 0.6) is 5.75 Å². The van der Waals surface area contributed by atoms with E-state index >= 15 is 0 Å². The number of likely N-dealkylation sites (tertiary alicyclic amines) is 1. The van der Waals surface area contributed by atoms with E-state index in [4.69, 9.17) is 10.5 Å². The average Bonchev–Trinajstić information content (AvgIpc) is 2.80. The van der Waals surface area contributed by atoms with Crippen LogP contribution in [0.1, 0.15) is 29.5 Å². The van der Waals surface area contributed by atoms with Crippen LogP contribution in [0.25, 0.3) is 0 Å². The number of nitrogens with two attached hydrogens (primary N) is 1. The van der Waals surface area contributed by atoms with Gasteiger partial charge in [-0.3, -0.25) is 14.7 Å². The van der Waals surface area contributed by atoms with E-state index in [-0.39, 0.29) is 11.8 Å². The summed E-state index contributed by atoms with van der Waals surface area (Å²) in [6, 6.07) is 16.5. The SMILES string of the molecule is CN=C(NCc1cccc(CN2CCCC(C(N)=O)C2)c1)NCc1ccccc1OC. The van der Waals surface area contributed by atoms with E-state index in [1.165, 1.54) is 11.1 Å². The van der Waals surface area contributed by atoms with Crippen LogP contribution in [0.3, 0.4) is 0 Å². The zero-order valence-electron chi connectivity index (χ0n) is 18.4. The Morgan fingerprint density at radius 2 is 1.94 bits per heavy atom. The molecular formula is C24H33N5O2. The van der Waals surface area contributed by atoms with E-state index in [2.05, 4.69) is 44.8 Å². The Morgan fingerprint density at radius 1 is 1.16 bits per heavy atom. The van der Waals surface area contributed by atoms with Crippen molar-refractivity contribution in [3.05, 3.63) is 65.2 Å². The Bertz CT molecular complexity index is 899. The van der Waals surface area contributed by atoms with Gasteiger partial charge in [0.25, 0.3) is 0 Å². The summed E-state index contributed by atoms with van der Waals surface area (Å²) in [5, 5.41) is 6.70. The highest BCUT2D eigenvalue weighted by Crippen LogP contribution is 2.19. The van der Waals surface area contributed by atoms with Crippen molar-refractivity contribution in [3.8, 4) is 5.75 Å². The lowest BCUT2D eigenvalue weighted by Crippen LogP contribution is -2.40. The van der Waals surface area contributed by atoms with Gasteiger partial charge >= 0.3 is 0 Å². The van der Waals surface area contributed by atoms with Crippen LogP contribution in [-0.4, -0.2) is 44.0 Å². The zero-order valence-corrected chi connectivity index (χ0v) is 18.4. The molecule has 1 amide bonds. The average molecular weight is 424 g/mol. The summed E-state index contributed by atoms with van der Waals surface area (Å²) in [5.41, 5.74) is 9.00. The number of piperidine rings is 1. The molecule has 3 rings (SSSR count). The molecule has 0 spiro atoms. The predicted molar refractivity (Wildman–Crippen MR) is 124 cm³/mol. The highest BCUT2D eigenvalue weighted by molar-refractivity contribution is 5.79. The first-order valence-electron chi connectivity index (χ1n) is 10.7. The first kappa shape index (κ1) is 22.6. The van der Waals surface area contributed by atoms with Crippen molar-refractivity contribution in [1.82, 2.24) is 15.5 Å². The summed E-state index contributed by atoms with van der Waals surface area (Å²) >= 11 is 0. The molecular weight excluding hydrogens is 390 g/mol. The molecule has 7 nitrogen and oxygen atoms in total. The fourth-order valence-electron chi connectivity index (χ4n) is 3.96. The molecule has 0 aliphatic carbocycles. The molecule has 31 heavy (non-hydrogen) atoms. The number of primary amides is 1. The number of benzene rings is 2. The number of hydrogen-bond acceptors (Lipinski definition) is 4. The molecule has 1 unspecified atom stereocenters. The molecule has 2 aromatic rings. The topological polar surface area (TPSA) is 92.0 Å². The number of amides is 1. The summed E-state index contributed by atoms with van der Waals surface area (Å²) in [4.78, 5) is 18.2. The number of nitrogens with zero attached hydrogens (tertiary/aromatic N) is 2. The Balaban J connectivity index is 1.52. The lowest BCUT2D eigenvalue weighted by molar-refractivity contribution is -0.123. The van der Waals surface area contributed by atoms with E-state index in [0.717, 1.165) is 49.7 Å². The third kappa shape index (κ3) is 6.72. The number of carbonyl (C=O) groups excluding carboxylic acids is 1.